The molecule has 0 amide bonds. The summed E-state index contributed by atoms with van der Waals surface area (Å²) in [6, 6.07) is 2.03. The fraction of sp³-hybridized carbons (Fsp3) is 0.636. The van der Waals surface area contributed by atoms with Gasteiger partial charge < -0.3 is 0 Å². The molecule has 1 unspecified atom stereocenters. The summed E-state index contributed by atoms with van der Waals surface area (Å²) in [6.07, 6.45) is 2.39. The number of thiol groups is 1. The molecule has 0 N–H and O–H groups in total. The van der Waals surface area contributed by atoms with E-state index in [-0.39, 0.29) is 0 Å². The first kappa shape index (κ1) is 12.2. The van der Waals surface area contributed by atoms with Gasteiger partial charge in [0.1, 0.15) is 5.82 Å². The molecule has 0 bridgehead atoms. The van der Waals surface area contributed by atoms with E-state index in [1.807, 2.05) is 19.9 Å². The van der Waals surface area contributed by atoms with Crippen LogP contribution in [0.1, 0.15) is 36.0 Å². The van der Waals surface area contributed by atoms with Crippen molar-refractivity contribution in [2.75, 3.05) is 13.1 Å². The van der Waals surface area contributed by atoms with Gasteiger partial charge in [0, 0.05) is 30.4 Å². The SMILES string of the molecule is Cc1cc(C)nc(C2CCCN(SS)C2)n1. The lowest BCUT2D eigenvalue weighted by Crippen LogP contribution is -2.29. The third-order valence-electron chi connectivity index (χ3n) is 2.86. The molecule has 0 aromatic carbocycles. The van der Waals surface area contributed by atoms with Crippen LogP contribution in [0.25, 0.3) is 0 Å². The largest absolute Gasteiger partial charge is 0.241 e. The van der Waals surface area contributed by atoms with Gasteiger partial charge in [-0.1, -0.05) is 11.7 Å². The molecule has 0 spiro atoms. The average Bonchev–Trinajstić information content (AvgIpc) is 2.28. The van der Waals surface area contributed by atoms with Crippen molar-refractivity contribution in [1.82, 2.24) is 14.3 Å². The summed E-state index contributed by atoms with van der Waals surface area (Å²) in [5, 5.41) is 0. The van der Waals surface area contributed by atoms with Crippen LogP contribution in [0.15, 0.2) is 6.07 Å². The Balaban J connectivity index is 2.16. The van der Waals surface area contributed by atoms with Crippen molar-refractivity contribution in [3.63, 3.8) is 0 Å². The van der Waals surface area contributed by atoms with Gasteiger partial charge in [-0.3, -0.25) is 0 Å². The number of aryl methyl sites for hydroxylation is 2. The van der Waals surface area contributed by atoms with Gasteiger partial charge in [0.15, 0.2) is 0 Å². The van der Waals surface area contributed by atoms with Crippen LogP contribution in [0.2, 0.25) is 0 Å². The lowest BCUT2D eigenvalue weighted by molar-refractivity contribution is 0.336. The molecule has 1 atom stereocenters. The Bertz CT molecular complexity index is 350. The Morgan fingerprint density at radius 3 is 2.69 bits per heavy atom. The molecule has 1 aromatic rings. The number of aromatic nitrogens is 2. The first-order valence-corrected chi connectivity index (χ1v) is 7.40. The highest BCUT2D eigenvalue weighted by Gasteiger charge is 2.23. The van der Waals surface area contributed by atoms with E-state index >= 15 is 0 Å². The monoisotopic (exact) mass is 255 g/mol. The molecule has 88 valence electrons. The molecule has 0 radical (unpaired) electrons. The van der Waals surface area contributed by atoms with E-state index in [9.17, 15) is 0 Å². The summed E-state index contributed by atoms with van der Waals surface area (Å²) in [4.78, 5) is 9.11. The molecule has 5 heteroatoms. The summed E-state index contributed by atoms with van der Waals surface area (Å²) in [5.41, 5.74) is 2.14. The van der Waals surface area contributed by atoms with Crippen LogP contribution in [0.3, 0.4) is 0 Å². The topological polar surface area (TPSA) is 29.0 Å². The normalized spacial score (nSPS) is 22.3. The molecule has 16 heavy (non-hydrogen) atoms. The summed E-state index contributed by atoms with van der Waals surface area (Å²) >= 11 is 4.26. The Hall–Kier alpha value is -0.260. The number of nitrogens with zero attached hydrogens (tertiary/aromatic N) is 3. The van der Waals surface area contributed by atoms with Crippen molar-refractivity contribution in [2.24, 2.45) is 0 Å². The molecular formula is C11H17N3S2. The van der Waals surface area contributed by atoms with Gasteiger partial charge in [0.05, 0.1) is 0 Å². The lowest BCUT2D eigenvalue weighted by atomic mass is 9.98. The second kappa shape index (κ2) is 5.38. The predicted octanol–water partition coefficient (Wildman–Crippen LogP) is 2.77. The van der Waals surface area contributed by atoms with Crippen LogP contribution in [-0.2, 0) is 0 Å². The van der Waals surface area contributed by atoms with Gasteiger partial charge in [-0.05, 0) is 43.7 Å². The van der Waals surface area contributed by atoms with Crippen molar-refractivity contribution in [3.05, 3.63) is 23.3 Å². The standard InChI is InChI=1S/C11H17N3S2/c1-8-6-9(2)13-11(12-8)10-4-3-5-14(7-10)16-15/h6,10,15H,3-5,7H2,1-2H3. The van der Waals surface area contributed by atoms with Crippen molar-refractivity contribution in [3.8, 4) is 0 Å². The fourth-order valence-corrected chi connectivity index (χ4v) is 3.07. The van der Waals surface area contributed by atoms with Gasteiger partial charge in [-0.15, -0.1) is 0 Å². The Labute approximate surface area is 106 Å². The highest BCUT2D eigenvalue weighted by Crippen LogP contribution is 2.29. The molecular weight excluding hydrogens is 238 g/mol. The van der Waals surface area contributed by atoms with E-state index in [0.29, 0.717) is 5.92 Å². The third kappa shape index (κ3) is 2.90. The molecule has 1 aromatic heterocycles. The van der Waals surface area contributed by atoms with Crippen molar-refractivity contribution >= 4 is 22.6 Å². The second-order valence-electron chi connectivity index (χ2n) is 4.32. The Morgan fingerprint density at radius 1 is 1.38 bits per heavy atom. The van der Waals surface area contributed by atoms with Crippen molar-refractivity contribution in [1.29, 1.82) is 0 Å². The van der Waals surface area contributed by atoms with Crippen LogP contribution in [0.5, 0.6) is 0 Å². The zero-order valence-corrected chi connectivity index (χ0v) is 11.4. The highest BCUT2D eigenvalue weighted by atomic mass is 33.1. The fourth-order valence-electron chi connectivity index (χ4n) is 2.16. The molecule has 1 aliphatic rings. The van der Waals surface area contributed by atoms with Crippen LogP contribution in [0, 0.1) is 13.8 Å². The summed E-state index contributed by atoms with van der Waals surface area (Å²) in [5.74, 6) is 1.47. The molecule has 1 saturated heterocycles. The number of hydrogen-bond donors (Lipinski definition) is 1. The maximum absolute atomic E-state index is 4.55. The van der Waals surface area contributed by atoms with Crippen LogP contribution in [0.4, 0.5) is 0 Å². The van der Waals surface area contributed by atoms with E-state index in [1.165, 1.54) is 23.8 Å². The molecule has 0 saturated carbocycles. The zero-order valence-electron chi connectivity index (χ0n) is 9.68. The third-order valence-corrected chi connectivity index (χ3v) is 4.12. The number of piperidine rings is 1. The summed E-state index contributed by atoms with van der Waals surface area (Å²) < 4.78 is 2.28. The van der Waals surface area contributed by atoms with E-state index in [0.717, 1.165) is 30.3 Å². The molecule has 3 nitrogen and oxygen atoms in total. The van der Waals surface area contributed by atoms with Crippen molar-refractivity contribution < 1.29 is 0 Å². The lowest BCUT2D eigenvalue weighted by Gasteiger charge is -2.29. The minimum Gasteiger partial charge on any atom is -0.241 e. The van der Waals surface area contributed by atoms with Gasteiger partial charge in [0.25, 0.3) is 0 Å². The van der Waals surface area contributed by atoms with Gasteiger partial charge >= 0.3 is 0 Å². The van der Waals surface area contributed by atoms with Gasteiger partial charge in [-0.2, -0.15) is 0 Å². The first-order valence-electron chi connectivity index (χ1n) is 5.57. The van der Waals surface area contributed by atoms with E-state index in [2.05, 4.69) is 25.9 Å². The first-order chi connectivity index (χ1) is 7.69. The summed E-state index contributed by atoms with van der Waals surface area (Å²) in [7, 11) is 1.52. The Morgan fingerprint density at radius 2 is 2.06 bits per heavy atom. The number of rotatable bonds is 2. The van der Waals surface area contributed by atoms with Crippen LogP contribution < -0.4 is 0 Å². The molecule has 2 heterocycles. The molecule has 1 fully saturated rings. The molecule has 0 aliphatic carbocycles. The van der Waals surface area contributed by atoms with E-state index < -0.39 is 0 Å². The minimum absolute atomic E-state index is 0.465. The molecule has 2 rings (SSSR count). The van der Waals surface area contributed by atoms with E-state index in [1.54, 1.807) is 0 Å². The highest BCUT2D eigenvalue weighted by molar-refractivity contribution is 8.67. The summed E-state index contributed by atoms with van der Waals surface area (Å²) in [6.45, 7) is 6.20. The Kier molecular flexibility index (Phi) is 4.10. The maximum Gasteiger partial charge on any atom is 0.133 e. The minimum atomic E-state index is 0.465. The van der Waals surface area contributed by atoms with Gasteiger partial charge in [-0.25, -0.2) is 14.3 Å². The van der Waals surface area contributed by atoms with Crippen molar-refractivity contribution in [2.45, 2.75) is 32.6 Å². The van der Waals surface area contributed by atoms with E-state index in [4.69, 9.17) is 0 Å². The van der Waals surface area contributed by atoms with Crippen LogP contribution in [-0.4, -0.2) is 27.4 Å². The predicted molar refractivity (Wildman–Crippen MR) is 71.6 cm³/mol. The van der Waals surface area contributed by atoms with Gasteiger partial charge in [0.2, 0.25) is 0 Å². The molecule has 1 aliphatic heterocycles. The van der Waals surface area contributed by atoms with Crippen LogP contribution >= 0.6 is 22.6 Å². The zero-order chi connectivity index (χ0) is 11.5. The smallest absolute Gasteiger partial charge is 0.133 e. The quantitative estimate of drug-likeness (QED) is 0.500. The number of hydrogen-bond acceptors (Lipinski definition) is 5. The average molecular weight is 255 g/mol. The second-order valence-corrected chi connectivity index (χ2v) is 5.49. The maximum atomic E-state index is 4.55.